The van der Waals surface area contributed by atoms with Crippen LogP contribution in [0.4, 0.5) is 5.69 Å². The summed E-state index contributed by atoms with van der Waals surface area (Å²) < 4.78 is -0.840. The van der Waals surface area contributed by atoms with E-state index < -0.39 is 28.7 Å². The third-order valence-corrected chi connectivity index (χ3v) is 12.8. The first-order chi connectivity index (χ1) is 23.7. The lowest BCUT2D eigenvalue weighted by atomic mass is 9.65. The van der Waals surface area contributed by atoms with E-state index in [1.54, 1.807) is 38.6 Å². The number of anilines is 1. The summed E-state index contributed by atoms with van der Waals surface area (Å²) in [7, 11) is 0. The number of carbonyl (C=O) groups is 3. The standard InChI is InChI=1S/C41H47N3O4S/c1-6-20-42(25-31-16-12-9-13-17-31)38(46)35-34-23-29(5)41(49-34)36(35)39(47)44(32(26-45)24-30-14-10-8-11-15-30)37(41)40(48)43(21-7-2)33-22-27(3)18-19-28(33)4/h6-19,22,29,32,34-37,45H,1-2,20-21,23-26H2,3-5H3/t29?,32-,34+,35-,36+,37?,41?/m1/s1. The van der Waals surface area contributed by atoms with Crippen LogP contribution in [0.5, 0.6) is 0 Å². The van der Waals surface area contributed by atoms with Crippen LogP contribution in [0.15, 0.2) is 104 Å². The van der Waals surface area contributed by atoms with Crippen molar-refractivity contribution in [2.75, 3.05) is 24.6 Å². The van der Waals surface area contributed by atoms with Gasteiger partial charge in [-0.15, -0.1) is 24.9 Å². The van der Waals surface area contributed by atoms with Gasteiger partial charge in [0, 0.05) is 30.6 Å². The second kappa shape index (κ2) is 14.4. The molecule has 7 nitrogen and oxygen atoms in total. The van der Waals surface area contributed by atoms with Crippen LogP contribution in [0.25, 0.3) is 0 Å². The van der Waals surface area contributed by atoms with E-state index in [4.69, 9.17) is 0 Å². The van der Waals surface area contributed by atoms with Gasteiger partial charge in [0.05, 0.1) is 29.2 Å². The van der Waals surface area contributed by atoms with Crippen LogP contribution >= 0.6 is 11.8 Å². The minimum Gasteiger partial charge on any atom is -0.394 e. The summed E-state index contributed by atoms with van der Waals surface area (Å²) >= 11 is 1.66. The molecule has 3 heterocycles. The molecule has 3 amide bonds. The van der Waals surface area contributed by atoms with Crippen molar-refractivity contribution in [1.29, 1.82) is 0 Å². The largest absolute Gasteiger partial charge is 0.394 e. The molecular formula is C41H47N3O4S. The molecule has 2 bridgehead atoms. The number of hydrogen-bond acceptors (Lipinski definition) is 5. The molecule has 3 unspecified atom stereocenters. The zero-order chi connectivity index (χ0) is 34.9. The number of benzene rings is 3. The minimum atomic E-state index is -0.879. The van der Waals surface area contributed by atoms with Crippen molar-refractivity contribution in [2.24, 2.45) is 17.8 Å². The second-order valence-electron chi connectivity index (χ2n) is 13.8. The lowest BCUT2D eigenvalue weighted by Gasteiger charge is -2.42. The van der Waals surface area contributed by atoms with Gasteiger partial charge in [0.1, 0.15) is 6.04 Å². The van der Waals surface area contributed by atoms with E-state index in [1.165, 1.54) is 0 Å². The molecule has 0 aliphatic carbocycles. The van der Waals surface area contributed by atoms with Crippen molar-refractivity contribution in [3.05, 3.63) is 126 Å². The summed E-state index contributed by atoms with van der Waals surface area (Å²) in [6, 6.07) is 24.1. The number of hydrogen-bond donors (Lipinski definition) is 1. The minimum absolute atomic E-state index is 0.0123. The number of carbonyl (C=O) groups excluding carboxylic acids is 3. The molecule has 3 aromatic carbocycles. The van der Waals surface area contributed by atoms with Gasteiger partial charge < -0.3 is 19.8 Å². The molecule has 1 spiro atoms. The van der Waals surface area contributed by atoms with Gasteiger partial charge in [-0.25, -0.2) is 0 Å². The van der Waals surface area contributed by atoms with Gasteiger partial charge in [0.2, 0.25) is 11.8 Å². The summed E-state index contributed by atoms with van der Waals surface area (Å²) in [5, 5.41) is 10.9. The number of rotatable bonds is 13. The lowest BCUT2D eigenvalue weighted by molar-refractivity contribution is -0.145. The van der Waals surface area contributed by atoms with Crippen LogP contribution in [-0.2, 0) is 27.3 Å². The molecule has 3 aliphatic rings. The summed E-state index contributed by atoms with van der Waals surface area (Å²) in [6.45, 7) is 14.7. The van der Waals surface area contributed by atoms with Gasteiger partial charge >= 0.3 is 0 Å². The Bertz CT molecular complexity index is 1710. The molecule has 3 aliphatic heterocycles. The van der Waals surface area contributed by atoms with E-state index in [0.29, 0.717) is 19.5 Å². The Morgan fingerprint density at radius 3 is 2.27 bits per heavy atom. The van der Waals surface area contributed by atoms with Crippen molar-refractivity contribution < 1.29 is 19.5 Å². The van der Waals surface area contributed by atoms with Gasteiger partial charge in [-0.1, -0.05) is 91.9 Å². The van der Waals surface area contributed by atoms with Crippen LogP contribution < -0.4 is 4.90 Å². The Labute approximate surface area is 294 Å². The lowest BCUT2D eigenvalue weighted by Crippen LogP contribution is -2.60. The molecule has 49 heavy (non-hydrogen) atoms. The number of nitrogens with zero attached hydrogens (tertiary/aromatic N) is 3. The fourth-order valence-electron chi connectivity index (χ4n) is 8.55. The van der Waals surface area contributed by atoms with E-state index in [2.05, 4.69) is 20.1 Å². The highest BCUT2D eigenvalue weighted by atomic mass is 32.2. The van der Waals surface area contributed by atoms with E-state index in [9.17, 15) is 9.90 Å². The maximum Gasteiger partial charge on any atom is 0.251 e. The molecule has 0 aromatic heterocycles. The van der Waals surface area contributed by atoms with Crippen LogP contribution in [0, 0.1) is 31.6 Å². The van der Waals surface area contributed by atoms with E-state index in [0.717, 1.165) is 34.4 Å². The number of amides is 3. The SMILES string of the molecule is C=CCN(Cc1ccccc1)C(=O)[C@@H]1[C@@H]2CC(C)C3(S2)C(C(=O)N(CC=C)c2cc(C)ccc2C)N([C@@H](CO)Cc2ccccc2)C(=O)[C@H]13. The number of aryl methyl sites for hydroxylation is 2. The third kappa shape index (κ3) is 6.14. The van der Waals surface area contributed by atoms with E-state index in [-0.39, 0.29) is 42.0 Å². The Morgan fingerprint density at radius 2 is 1.63 bits per heavy atom. The predicted molar refractivity (Wildman–Crippen MR) is 197 cm³/mol. The molecule has 1 N–H and O–H groups in total. The Morgan fingerprint density at radius 1 is 0.980 bits per heavy atom. The van der Waals surface area contributed by atoms with Gasteiger partial charge in [0.25, 0.3) is 5.91 Å². The molecule has 0 saturated carbocycles. The Kier molecular flexibility index (Phi) is 10.2. The molecule has 0 radical (unpaired) electrons. The zero-order valence-electron chi connectivity index (χ0n) is 28.7. The highest BCUT2D eigenvalue weighted by molar-refractivity contribution is 8.02. The fourth-order valence-corrected chi connectivity index (χ4v) is 10.9. The first kappa shape index (κ1) is 34.7. The number of fused-ring (bicyclic) bond motifs is 1. The molecule has 256 valence electrons. The number of aliphatic hydroxyl groups is 1. The quantitative estimate of drug-likeness (QED) is 0.225. The molecule has 6 rings (SSSR count). The summed E-state index contributed by atoms with van der Waals surface area (Å²) in [5.41, 5.74) is 4.70. The van der Waals surface area contributed by atoms with Gasteiger partial charge in [-0.05, 0) is 60.9 Å². The first-order valence-corrected chi connectivity index (χ1v) is 18.1. The summed E-state index contributed by atoms with van der Waals surface area (Å²) in [6.07, 6.45) is 4.56. The smallest absolute Gasteiger partial charge is 0.251 e. The van der Waals surface area contributed by atoms with Crippen molar-refractivity contribution in [3.8, 4) is 0 Å². The Hall–Kier alpha value is -4.14. The molecule has 7 atom stereocenters. The maximum absolute atomic E-state index is 15.3. The molecule has 3 fully saturated rings. The third-order valence-electron chi connectivity index (χ3n) is 10.7. The summed E-state index contributed by atoms with van der Waals surface area (Å²) in [4.78, 5) is 50.4. The highest BCUT2D eigenvalue weighted by Crippen LogP contribution is 2.69. The number of aliphatic hydroxyl groups excluding tert-OH is 1. The van der Waals surface area contributed by atoms with Crippen molar-refractivity contribution in [2.45, 2.75) is 62.2 Å². The van der Waals surface area contributed by atoms with Crippen molar-refractivity contribution >= 4 is 35.2 Å². The molecule has 8 heteroatoms. The molecular weight excluding hydrogens is 631 g/mol. The highest BCUT2D eigenvalue weighted by Gasteiger charge is 2.77. The van der Waals surface area contributed by atoms with Gasteiger partial charge in [0.15, 0.2) is 0 Å². The monoisotopic (exact) mass is 677 g/mol. The normalized spacial score (nSPS) is 25.9. The van der Waals surface area contributed by atoms with E-state index >= 15 is 9.59 Å². The molecule has 3 saturated heterocycles. The number of likely N-dealkylation sites (tertiary alicyclic amines) is 1. The maximum atomic E-state index is 15.3. The van der Waals surface area contributed by atoms with Crippen molar-refractivity contribution in [3.63, 3.8) is 0 Å². The number of thioether (sulfide) groups is 1. The molecule has 3 aromatic rings. The first-order valence-electron chi connectivity index (χ1n) is 17.2. The average Bonchev–Trinajstić information content (AvgIpc) is 3.71. The van der Waals surface area contributed by atoms with Crippen LogP contribution in [0.3, 0.4) is 0 Å². The van der Waals surface area contributed by atoms with Crippen LogP contribution in [0.2, 0.25) is 0 Å². The Balaban J connectivity index is 1.46. The van der Waals surface area contributed by atoms with Crippen molar-refractivity contribution in [1.82, 2.24) is 9.80 Å². The summed E-state index contributed by atoms with van der Waals surface area (Å²) in [5.74, 6) is -1.81. The predicted octanol–water partition coefficient (Wildman–Crippen LogP) is 5.98. The zero-order valence-corrected chi connectivity index (χ0v) is 29.5. The van der Waals surface area contributed by atoms with Crippen LogP contribution in [0.1, 0.15) is 35.6 Å². The average molecular weight is 678 g/mol. The van der Waals surface area contributed by atoms with Gasteiger partial charge in [-0.3, -0.25) is 14.4 Å². The van der Waals surface area contributed by atoms with Crippen LogP contribution in [-0.4, -0.2) is 74.4 Å². The topological polar surface area (TPSA) is 81.2 Å². The fraction of sp³-hybridized carbons (Fsp3) is 0.390. The van der Waals surface area contributed by atoms with Gasteiger partial charge in [-0.2, -0.15) is 0 Å². The van der Waals surface area contributed by atoms with E-state index in [1.807, 2.05) is 92.7 Å². The second-order valence-corrected chi connectivity index (χ2v) is 15.4.